The molecular formula is C12H17NO3. The quantitative estimate of drug-likeness (QED) is 0.686. The summed E-state index contributed by atoms with van der Waals surface area (Å²) in [6.45, 7) is 5.62. The van der Waals surface area contributed by atoms with E-state index in [1.165, 1.54) is 0 Å². The van der Waals surface area contributed by atoms with Crippen molar-refractivity contribution in [2.24, 2.45) is 0 Å². The minimum Gasteiger partial charge on any atom is -0.436 e. The van der Waals surface area contributed by atoms with Gasteiger partial charge in [-0.25, -0.2) is 9.69 Å². The van der Waals surface area contributed by atoms with E-state index >= 15 is 0 Å². The minimum atomic E-state index is -0.583. The standard InChI is InChI=1S/C12H17NO3/c1-3-10(14)13-9(2)12(16-11(13)15)7-5-4-6-8-12/h2-8H2,1H3. The molecule has 1 aliphatic heterocycles. The molecule has 2 rings (SSSR count). The van der Waals surface area contributed by atoms with Crippen molar-refractivity contribution in [3.8, 4) is 0 Å². The molecule has 1 heterocycles. The van der Waals surface area contributed by atoms with Crippen LogP contribution >= 0.6 is 0 Å². The lowest BCUT2D eigenvalue weighted by Crippen LogP contribution is -2.35. The Balaban J connectivity index is 2.24. The Labute approximate surface area is 95.2 Å². The van der Waals surface area contributed by atoms with E-state index in [1.54, 1.807) is 6.92 Å². The van der Waals surface area contributed by atoms with E-state index in [-0.39, 0.29) is 5.91 Å². The third-order valence-corrected chi connectivity index (χ3v) is 3.47. The maximum absolute atomic E-state index is 11.7. The average molecular weight is 223 g/mol. The fourth-order valence-corrected chi connectivity index (χ4v) is 2.51. The zero-order chi connectivity index (χ0) is 11.8. The largest absolute Gasteiger partial charge is 0.436 e. The molecule has 0 aromatic rings. The van der Waals surface area contributed by atoms with Crippen LogP contribution in [0, 0.1) is 0 Å². The van der Waals surface area contributed by atoms with Crippen LogP contribution in [0.1, 0.15) is 45.4 Å². The number of hydrogen-bond acceptors (Lipinski definition) is 3. The second-order valence-corrected chi connectivity index (χ2v) is 4.45. The molecule has 0 radical (unpaired) electrons. The summed E-state index contributed by atoms with van der Waals surface area (Å²) in [5, 5.41) is 0. The lowest BCUT2D eigenvalue weighted by atomic mass is 9.83. The summed E-state index contributed by atoms with van der Waals surface area (Å²) in [5.41, 5.74) is -0.0378. The zero-order valence-corrected chi connectivity index (χ0v) is 9.62. The Morgan fingerprint density at radius 2 is 2.06 bits per heavy atom. The predicted octanol–water partition coefficient (Wildman–Crippen LogP) is 2.59. The van der Waals surface area contributed by atoms with Crippen molar-refractivity contribution in [3.63, 3.8) is 0 Å². The third-order valence-electron chi connectivity index (χ3n) is 3.47. The first kappa shape index (κ1) is 11.2. The number of nitrogens with zero attached hydrogens (tertiary/aromatic N) is 1. The Kier molecular flexibility index (Phi) is 2.74. The summed E-state index contributed by atoms with van der Waals surface area (Å²) < 4.78 is 5.40. The molecule has 0 N–H and O–H groups in total. The van der Waals surface area contributed by atoms with Crippen molar-refractivity contribution in [2.75, 3.05) is 0 Å². The molecule has 1 saturated heterocycles. The topological polar surface area (TPSA) is 46.6 Å². The van der Waals surface area contributed by atoms with Crippen LogP contribution in [-0.2, 0) is 9.53 Å². The summed E-state index contributed by atoms with van der Waals surface area (Å²) in [7, 11) is 0. The van der Waals surface area contributed by atoms with Gasteiger partial charge in [0, 0.05) is 6.42 Å². The summed E-state index contributed by atoms with van der Waals surface area (Å²) >= 11 is 0. The first-order chi connectivity index (χ1) is 7.60. The number of hydrogen-bond donors (Lipinski definition) is 0. The lowest BCUT2D eigenvalue weighted by molar-refractivity contribution is -0.126. The van der Waals surface area contributed by atoms with Gasteiger partial charge in [0.05, 0.1) is 5.70 Å². The molecule has 0 atom stereocenters. The van der Waals surface area contributed by atoms with Crippen molar-refractivity contribution in [3.05, 3.63) is 12.3 Å². The molecule has 0 unspecified atom stereocenters. The molecule has 16 heavy (non-hydrogen) atoms. The zero-order valence-electron chi connectivity index (χ0n) is 9.62. The molecule has 4 nitrogen and oxygen atoms in total. The van der Waals surface area contributed by atoms with Crippen molar-refractivity contribution in [2.45, 2.75) is 51.0 Å². The molecule has 2 amide bonds. The lowest BCUT2D eigenvalue weighted by Gasteiger charge is -2.31. The highest BCUT2D eigenvalue weighted by atomic mass is 16.6. The monoisotopic (exact) mass is 223 g/mol. The van der Waals surface area contributed by atoms with Gasteiger partial charge >= 0.3 is 6.09 Å². The molecule has 2 fully saturated rings. The maximum atomic E-state index is 11.7. The average Bonchev–Trinajstić information content (AvgIpc) is 2.51. The van der Waals surface area contributed by atoms with E-state index in [1.807, 2.05) is 0 Å². The van der Waals surface area contributed by atoms with Crippen molar-refractivity contribution in [1.29, 1.82) is 0 Å². The van der Waals surface area contributed by atoms with Crippen LogP contribution in [0.15, 0.2) is 12.3 Å². The van der Waals surface area contributed by atoms with Crippen LogP contribution in [0.3, 0.4) is 0 Å². The molecule has 0 aromatic carbocycles. The van der Waals surface area contributed by atoms with Gasteiger partial charge in [-0.1, -0.05) is 19.9 Å². The van der Waals surface area contributed by atoms with Crippen molar-refractivity contribution < 1.29 is 14.3 Å². The van der Waals surface area contributed by atoms with Crippen LogP contribution in [-0.4, -0.2) is 22.5 Å². The number of imide groups is 1. The smallest absolute Gasteiger partial charge is 0.422 e. The number of ether oxygens (including phenoxy) is 1. The van der Waals surface area contributed by atoms with Crippen LogP contribution < -0.4 is 0 Å². The van der Waals surface area contributed by atoms with Gasteiger partial charge in [0.15, 0.2) is 5.60 Å². The Bertz CT molecular complexity index is 342. The van der Waals surface area contributed by atoms with Crippen molar-refractivity contribution >= 4 is 12.0 Å². The molecular weight excluding hydrogens is 206 g/mol. The normalized spacial score (nSPS) is 23.7. The first-order valence-electron chi connectivity index (χ1n) is 5.86. The van der Waals surface area contributed by atoms with Gasteiger partial charge in [-0.05, 0) is 25.7 Å². The van der Waals surface area contributed by atoms with E-state index in [2.05, 4.69) is 6.58 Å². The molecule has 1 spiro atoms. The van der Waals surface area contributed by atoms with Gasteiger partial charge in [0.25, 0.3) is 0 Å². The number of carbonyl (C=O) groups is 2. The van der Waals surface area contributed by atoms with Gasteiger partial charge in [-0.2, -0.15) is 0 Å². The Morgan fingerprint density at radius 3 is 2.62 bits per heavy atom. The minimum absolute atomic E-state index is 0.225. The Morgan fingerprint density at radius 1 is 1.44 bits per heavy atom. The van der Waals surface area contributed by atoms with Gasteiger partial charge in [-0.15, -0.1) is 0 Å². The van der Waals surface area contributed by atoms with Gasteiger partial charge < -0.3 is 4.74 Å². The number of rotatable bonds is 1. The summed E-state index contributed by atoms with van der Waals surface area (Å²) in [4.78, 5) is 24.4. The highest BCUT2D eigenvalue weighted by Gasteiger charge is 2.51. The molecule has 4 heteroatoms. The third kappa shape index (κ3) is 1.52. The number of carbonyl (C=O) groups excluding carboxylic acids is 2. The molecule has 88 valence electrons. The van der Waals surface area contributed by atoms with E-state index in [4.69, 9.17) is 4.74 Å². The van der Waals surface area contributed by atoms with Gasteiger partial charge in [-0.3, -0.25) is 4.79 Å². The highest BCUT2D eigenvalue weighted by molar-refractivity contribution is 5.96. The molecule has 2 aliphatic rings. The first-order valence-corrected chi connectivity index (χ1v) is 5.86. The summed E-state index contributed by atoms with van der Waals surface area (Å²) in [6, 6.07) is 0. The highest BCUT2D eigenvalue weighted by Crippen LogP contribution is 2.43. The second-order valence-electron chi connectivity index (χ2n) is 4.45. The van der Waals surface area contributed by atoms with Crippen LogP contribution in [0.25, 0.3) is 0 Å². The van der Waals surface area contributed by atoms with E-state index < -0.39 is 11.7 Å². The molecule has 1 saturated carbocycles. The molecule has 0 aromatic heterocycles. The second kappa shape index (κ2) is 3.92. The number of amides is 2. The van der Waals surface area contributed by atoms with E-state index in [0.29, 0.717) is 12.1 Å². The molecule has 0 bridgehead atoms. The van der Waals surface area contributed by atoms with E-state index in [9.17, 15) is 9.59 Å². The molecule has 1 aliphatic carbocycles. The van der Waals surface area contributed by atoms with Gasteiger partial charge in [0.2, 0.25) is 5.91 Å². The van der Waals surface area contributed by atoms with Crippen LogP contribution in [0.5, 0.6) is 0 Å². The predicted molar refractivity (Wildman–Crippen MR) is 58.6 cm³/mol. The fourth-order valence-electron chi connectivity index (χ4n) is 2.51. The summed E-state index contributed by atoms with van der Waals surface area (Å²) in [6.07, 6.45) is 4.56. The van der Waals surface area contributed by atoms with Crippen LogP contribution in [0.4, 0.5) is 4.79 Å². The fraction of sp³-hybridized carbons (Fsp3) is 0.667. The van der Waals surface area contributed by atoms with Crippen LogP contribution in [0.2, 0.25) is 0 Å². The summed E-state index contributed by atoms with van der Waals surface area (Å²) in [5.74, 6) is -0.225. The van der Waals surface area contributed by atoms with Gasteiger partial charge in [0.1, 0.15) is 0 Å². The van der Waals surface area contributed by atoms with Crippen molar-refractivity contribution in [1.82, 2.24) is 4.90 Å². The van der Waals surface area contributed by atoms with E-state index in [0.717, 1.165) is 37.0 Å². The Hall–Kier alpha value is -1.32. The SMILES string of the molecule is C=C1N(C(=O)CC)C(=O)OC12CCCCC2. The maximum Gasteiger partial charge on any atom is 0.422 e.